The second-order valence-corrected chi connectivity index (χ2v) is 6.86. The van der Waals surface area contributed by atoms with Gasteiger partial charge >= 0.3 is 0 Å². The maximum Gasteiger partial charge on any atom is 0.272 e. The number of nitrogens with zero attached hydrogens (tertiary/aromatic N) is 2. The Balaban J connectivity index is 1.87. The van der Waals surface area contributed by atoms with Crippen LogP contribution in [0.4, 0.5) is 0 Å². The molecule has 0 aliphatic heterocycles. The number of amides is 1. The SMILES string of the molecule is Cc1cc2nc(C)c(=O)n(CC(=O)NCc3cccc(Cl)c3)c2cc1C. The lowest BCUT2D eigenvalue weighted by atomic mass is 10.1. The molecule has 5 nitrogen and oxygen atoms in total. The minimum Gasteiger partial charge on any atom is -0.350 e. The van der Waals surface area contributed by atoms with Crippen LogP contribution in [-0.4, -0.2) is 15.5 Å². The third-order valence-corrected chi connectivity index (χ3v) is 4.64. The average Bonchev–Trinajstić information content (AvgIpc) is 2.59. The van der Waals surface area contributed by atoms with E-state index in [1.54, 1.807) is 19.1 Å². The van der Waals surface area contributed by atoms with Crippen LogP contribution in [0.3, 0.4) is 0 Å². The van der Waals surface area contributed by atoms with Gasteiger partial charge in [-0.1, -0.05) is 23.7 Å². The Bertz CT molecular complexity index is 1060. The third-order valence-electron chi connectivity index (χ3n) is 4.40. The smallest absolute Gasteiger partial charge is 0.272 e. The number of hydrogen-bond donors (Lipinski definition) is 1. The van der Waals surface area contributed by atoms with Crippen LogP contribution in [0.25, 0.3) is 11.0 Å². The summed E-state index contributed by atoms with van der Waals surface area (Å²) in [7, 11) is 0. The Morgan fingerprint density at radius 1 is 1.15 bits per heavy atom. The Labute approximate surface area is 156 Å². The first-order valence-corrected chi connectivity index (χ1v) is 8.72. The van der Waals surface area contributed by atoms with Crippen molar-refractivity contribution in [2.75, 3.05) is 0 Å². The molecule has 1 amide bonds. The zero-order valence-electron chi connectivity index (χ0n) is 15.0. The van der Waals surface area contributed by atoms with Gasteiger partial charge in [-0.15, -0.1) is 0 Å². The standard InChI is InChI=1S/C20H20ClN3O2/c1-12-7-17-18(8-13(12)2)24(20(26)14(3)23-17)11-19(25)22-10-15-5-4-6-16(21)9-15/h4-9H,10-11H2,1-3H3,(H,22,25). The van der Waals surface area contributed by atoms with E-state index in [9.17, 15) is 9.59 Å². The normalized spacial score (nSPS) is 10.9. The topological polar surface area (TPSA) is 64.0 Å². The molecule has 2 aromatic carbocycles. The van der Waals surface area contributed by atoms with Gasteiger partial charge in [-0.25, -0.2) is 4.98 Å². The van der Waals surface area contributed by atoms with Gasteiger partial charge in [-0.2, -0.15) is 0 Å². The Hall–Kier alpha value is -2.66. The number of fused-ring (bicyclic) bond motifs is 1. The van der Waals surface area contributed by atoms with E-state index in [0.29, 0.717) is 28.3 Å². The molecule has 134 valence electrons. The molecule has 0 radical (unpaired) electrons. The van der Waals surface area contributed by atoms with Crippen LogP contribution < -0.4 is 10.9 Å². The van der Waals surface area contributed by atoms with Crippen molar-refractivity contribution in [3.8, 4) is 0 Å². The highest BCUT2D eigenvalue weighted by molar-refractivity contribution is 6.30. The summed E-state index contributed by atoms with van der Waals surface area (Å²) in [6, 6.07) is 11.1. The van der Waals surface area contributed by atoms with Crippen LogP contribution in [0.15, 0.2) is 41.2 Å². The Kier molecular flexibility index (Phi) is 5.09. The van der Waals surface area contributed by atoms with Crippen LogP contribution in [0.5, 0.6) is 0 Å². The highest BCUT2D eigenvalue weighted by Gasteiger charge is 2.13. The van der Waals surface area contributed by atoms with Gasteiger partial charge in [0.15, 0.2) is 0 Å². The van der Waals surface area contributed by atoms with Crippen LogP contribution in [0.2, 0.25) is 5.02 Å². The molecule has 0 saturated carbocycles. The highest BCUT2D eigenvalue weighted by atomic mass is 35.5. The number of nitrogens with one attached hydrogen (secondary N) is 1. The van der Waals surface area contributed by atoms with Crippen molar-refractivity contribution in [1.82, 2.24) is 14.9 Å². The number of carbonyl (C=O) groups excluding carboxylic acids is 1. The van der Waals surface area contributed by atoms with Crippen LogP contribution >= 0.6 is 11.6 Å². The van der Waals surface area contributed by atoms with E-state index in [1.165, 1.54) is 4.57 Å². The molecule has 1 heterocycles. The minimum absolute atomic E-state index is 0.0538. The quantitative estimate of drug-likeness (QED) is 0.767. The molecule has 1 N–H and O–H groups in total. The molecule has 3 rings (SSSR count). The molecule has 0 saturated heterocycles. The summed E-state index contributed by atoms with van der Waals surface area (Å²) in [5.41, 5.74) is 4.56. The average molecular weight is 370 g/mol. The van der Waals surface area contributed by atoms with Crippen molar-refractivity contribution < 1.29 is 4.79 Å². The fourth-order valence-electron chi connectivity index (χ4n) is 2.83. The number of hydrogen-bond acceptors (Lipinski definition) is 3. The molecule has 0 aliphatic rings. The molecular formula is C20H20ClN3O2. The summed E-state index contributed by atoms with van der Waals surface area (Å²) in [5.74, 6) is -0.239. The van der Waals surface area contributed by atoms with E-state index in [4.69, 9.17) is 11.6 Å². The van der Waals surface area contributed by atoms with Gasteiger partial charge in [-0.3, -0.25) is 14.2 Å². The van der Waals surface area contributed by atoms with E-state index in [2.05, 4.69) is 10.3 Å². The predicted molar refractivity (Wildman–Crippen MR) is 104 cm³/mol. The fourth-order valence-corrected chi connectivity index (χ4v) is 3.04. The van der Waals surface area contributed by atoms with Crippen molar-refractivity contribution in [3.63, 3.8) is 0 Å². The van der Waals surface area contributed by atoms with E-state index in [0.717, 1.165) is 16.7 Å². The Morgan fingerprint density at radius 3 is 2.62 bits per heavy atom. The molecule has 3 aromatic rings. The van der Waals surface area contributed by atoms with Gasteiger partial charge in [-0.05, 0) is 61.7 Å². The maximum atomic E-state index is 12.5. The van der Waals surface area contributed by atoms with E-state index < -0.39 is 0 Å². The van der Waals surface area contributed by atoms with E-state index >= 15 is 0 Å². The van der Waals surface area contributed by atoms with Crippen LogP contribution in [0.1, 0.15) is 22.4 Å². The van der Waals surface area contributed by atoms with Gasteiger partial charge < -0.3 is 5.32 Å². The molecule has 26 heavy (non-hydrogen) atoms. The predicted octanol–water partition coefficient (Wildman–Crippen LogP) is 3.29. The van der Waals surface area contributed by atoms with Gasteiger partial charge in [0.05, 0.1) is 11.0 Å². The second kappa shape index (κ2) is 7.30. The number of rotatable bonds is 4. The van der Waals surface area contributed by atoms with Gasteiger partial charge in [0, 0.05) is 11.6 Å². The Morgan fingerprint density at radius 2 is 1.88 bits per heavy atom. The first-order chi connectivity index (χ1) is 12.3. The lowest BCUT2D eigenvalue weighted by Gasteiger charge is -2.13. The molecule has 1 aromatic heterocycles. The molecule has 0 atom stereocenters. The van der Waals surface area contributed by atoms with Crippen molar-refractivity contribution >= 4 is 28.5 Å². The van der Waals surface area contributed by atoms with E-state index in [1.807, 2.05) is 38.1 Å². The zero-order chi connectivity index (χ0) is 18.8. The van der Waals surface area contributed by atoms with E-state index in [-0.39, 0.29) is 18.0 Å². The number of aryl methyl sites for hydroxylation is 3. The molecular weight excluding hydrogens is 350 g/mol. The molecule has 0 bridgehead atoms. The summed E-state index contributed by atoms with van der Waals surface area (Å²) in [6.07, 6.45) is 0. The lowest BCUT2D eigenvalue weighted by Crippen LogP contribution is -2.33. The second-order valence-electron chi connectivity index (χ2n) is 6.42. The number of aromatic nitrogens is 2. The summed E-state index contributed by atoms with van der Waals surface area (Å²) in [4.78, 5) is 29.3. The molecule has 0 spiro atoms. The summed E-state index contributed by atoms with van der Waals surface area (Å²) >= 11 is 5.96. The van der Waals surface area contributed by atoms with Gasteiger partial charge in [0.1, 0.15) is 12.2 Å². The number of carbonyl (C=O) groups is 1. The van der Waals surface area contributed by atoms with Crippen molar-refractivity contribution in [3.05, 3.63) is 74.2 Å². The zero-order valence-corrected chi connectivity index (χ0v) is 15.7. The lowest BCUT2D eigenvalue weighted by molar-refractivity contribution is -0.121. The van der Waals surface area contributed by atoms with Gasteiger partial charge in [0.25, 0.3) is 5.56 Å². The fraction of sp³-hybridized carbons (Fsp3) is 0.250. The van der Waals surface area contributed by atoms with Crippen molar-refractivity contribution in [2.24, 2.45) is 0 Å². The first kappa shape index (κ1) is 18.1. The monoisotopic (exact) mass is 369 g/mol. The third kappa shape index (κ3) is 3.78. The molecule has 0 unspecified atom stereocenters. The summed E-state index contributed by atoms with van der Waals surface area (Å²) in [6.45, 7) is 5.94. The van der Waals surface area contributed by atoms with Crippen molar-refractivity contribution in [1.29, 1.82) is 0 Å². The van der Waals surface area contributed by atoms with Crippen LogP contribution in [-0.2, 0) is 17.9 Å². The molecule has 0 aliphatic carbocycles. The number of halogens is 1. The largest absolute Gasteiger partial charge is 0.350 e. The maximum absolute atomic E-state index is 12.5. The molecule has 0 fully saturated rings. The van der Waals surface area contributed by atoms with Crippen LogP contribution in [0, 0.1) is 20.8 Å². The van der Waals surface area contributed by atoms with Gasteiger partial charge in [0.2, 0.25) is 5.91 Å². The number of benzene rings is 2. The first-order valence-electron chi connectivity index (χ1n) is 8.34. The molecule has 6 heteroatoms. The summed E-state index contributed by atoms with van der Waals surface area (Å²) < 4.78 is 1.48. The highest BCUT2D eigenvalue weighted by Crippen LogP contribution is 2.17. The minimum atomic E-state index is -0.251. The summed E-state index contributed by atoms with van der Waals surface area (Å²) in [5, 5.41) is 3.45. The van der Waals surface area contributed by atoms with Crippen molar-refractivity contribution in [2.45, 2.75) is 33.9 Å².